The summed E-state index contributed by atoms with van der Waals surface area (Å²) in [6, 6.07) is 24.3. The lowest BCUT2D eigenvalue weighted by Gasteiger charge is -2.14. The lowest BCUT2D eigenvalue weighted by atomic mass is 10.1. The maximum absolute atomic E-state index is 12.7. The molecule has 0 bridgehead atoms. The molecule has 5 nitrogen and oxygen atoms in total. The first kappa shape index (κ1) is 17.8. The number of para-hydroxylation sites is 2. The summed E-state index contributed by atoms with van der Waals surface area (Å²) in [4.78, 5) is 25.3. The van der Waals surface area contributed by atoms with Crippen molar-refractivity contribution in [3.63, 3.8) is 0 Å². The lowest BCUT2D eigenvalue weighted by molar-refractivity contribution is -0.122. The van der Waals surface area contributed by atoms with Crippen LogP contribution >= 0.6 is 0 Å². The van der Waals surface area contributed by atoms with Crippen LogP contribution in [0.4, 0.5) is 5.69 Å². The van der Waals surface area contributed by atoms with Gasteiger partial charge in [0.1, 0.15) is 5.75 Å². The van der Waals surface area contributed by atoms with Gasteiger partial charge in [-0.15, -0.1) is 0 Å². The third kappa shape index (κ3) is 3.88. The number of anilines is 1. The molecule has 2 N–H and O–H groups in total. The molecule has 1 heterocycles. The van der Waals surface area contributed by atoms with E-state index in [1.807, 2.05) is 54.6 Å². The van der Waals surface area contributed by atoms with Gasteiger partial charge in [0.05, 0.1) is 11.3 Å². The summed E-state index contributed by atoms with van der Waals surface area (Å²) in [5, 5.41) is 5.73. The van der Waals surface area contributed by atoms with Crippen molar-refractivity contribution in [3.05, 3.63) is 95.6 Å². The molecule has 0 radical (unpaired) electrons. The smallest absolute Gasteiger partial charge is 0.265 e. The first-order valence-corrected chi connectivity index (χ1v) is 9.17. The molecule has 3 aromatic rings. The number of carbonyl (C=O) groups excluding carboxylic acids is 2. The fourth-order valence-corrected chi connectivity index (χ4v) is 3.21. The second-order valence-corrected chi connectivity index (χ2v) is 6.62. The van der Waals surface area contributed by atoms with Crippen molar-refractivity contribution < 1.29 is 14.3 Å². The molecule has 1 aliphatic rings. The minimum Gasteiger partial charge on any atom is -0.480 e. The standard InChI is InChI=1S/C23H20N2O3/c26-22(24-15-16-8-2-1-3-9-16)18-11-5-6-12-19(18)25-23(27)21-14-17-10-4-7-13-20(17)28-21/h1-13,21H,14-15H2,(H,24,26)(H,25,27). The summed E-state index contributed by atoms with van der Waals surface area (Å²) >= 11 is 0. The highest BCUT2D eigenvalue weighted by atomic mass is 16.5. The fraction of sp³-hybridized carbons (Fsp3) is 0.130. The molecule has 1 unspecified atom stereocenters. The topological polar surface area (TPSA) is 67.4 Å². The summed E-state index contributed by atoms with van der Waals surface area (Å²) < 4.78 is 5.73. The summed E-state index contributed by atoms with van der Waals surface area (Å²) in [5.74, 6) is 0.228. The maximum Gasteiger partial charge on any atom is 0.265 e. The van der Waals surface area contributed by atoms with Crippen LogP contribution in [-0.2, 0) is 17.8 Å². The normalized spacial score (nSPS) is 14.6. The molecule has 0 aromatic heterocycles. The number of fused-ring (bicyclic) bond motifs is 1. The van der Waals surface area contributed by atoms with E-state index < -0.39 is 6.10 Å². The molecular formula is C23H20N2O3. The van der Waals surface area contributed by atoms with Crippen molar-refractivity contribution >= 4 is 17.5 Å². The van der Waals surface area contributed by atoms with Gasteiger partial charge in [0.25, 0.3) is 11.8 Å². The number of benzene rings is 3. The van der Waals surface area contributed by atoms with Gasteiger partial charge in [0.2, 0.25) is 0 Å². The first-order chi connectivity index (χ1) is 13.7. The molecule has 0 fully saturated rings. The Kier molecular flexibility index (Phi) is 5.06. The van der Waals surface area contributed by atoms with Gasteiger partial charge in [-0.05, 0) is 29.3 Å². The number of carbonyl (C=O) groups is 2. The highest BCUT2D eigenvalue weighted by molar-refractivity contribution is 6.04. The Balaban J connectivity index is 1.43. The van der Waals surface area contributed by atoms with Crippen LogP contribution in [0.25, 0.3) is 0 Å². The van der Waals surface area contributed by atoms with Crippen molar-refractivity contribution in [1.29, 1.82) is 0 Å². The summed E-state index contributed by atoms with van der Waals surface area (Å²) in [5.41, 5.74) is 2.91. The van der Waals surface area contributed by atoms with E-state index in [0.717, 1.165) is 16.9 Å². The summed E-state index contributed by atoms with van der Waals surface area (Å²) in [6.45, 7) is 0.420. The predicted molar refractivity (Wildman–Crippen MR) is 107 cm³/mol. The molecule has 1 atom stereocenters. The van der Waals surface area contributed by atoms with E-state index in [2.05, 4.69) is 10.6 Å². The third-order valence-corrected chi connectivity index (χ3v) is 4.67. The van der Waals surface area contributed by atoms with E-state index >= 15 is 0 Å². The number of rotatable bonds is 5. The second-order valence-electron chi connectivity index (χ2n) is 6.62. The Hall–Kier alpha value is -3.60. The van der Waals surface area contributed by atoms with Gasteiger partial charge in [-0.2, -0.15) is 0 Å². The third-order valence-electron chi connectivity index (χ3n) is 4.67. The number of hydrogen-bond donors (Lipinski definition) is 2. The Morgan fingerprint density at radius 3 is 2.43 bits per heavy atom. The van der Waals surface area contributed by atoms with Crippen LogP contribution in [0.3, 0.4) is 0 Å². The minimum atomic E-state index is -0.599. The molecule has 28 heavy (non-hydrogen) atoms. The number of nitrogens with one attached hydrogen (secondary N) is 2. The molecule has 1 aliphatic heterocycles. The zero-order chi connectivity index (χ0) is 19.3. The molecule has 0 saturated heterocycles. The molecule has 0 spiro atoms. The molecule has 4 rings (SSSR count). The summed E-state index contributed by atoms with van der Waals surface area (Å²) in [7, 11) is 0. The number of amides is 2. The fourth-order valence-electron chi connectivity index (χ4n) is 3.21. The van der Waals surface area contributed by atoms with Crippen LogP contribution in [0.5, 0.6) is 5.75 Å². The summed E-state index contributed by atoms with van der Waals surface area (Å²) in [6.07, 6.45) is -0.0810. The Morgan fingerprint density at radius 1 is 0.893 bits per heavy atom. The van der Waals surface area contributed by atoms with Crippen LogP contribution in [0.2, 0.25) is 0 Å². The number of ether oxygens (including phenoxy) is 1. The van der Waals surface area contributed by atoms with Crippen molar-refractivity contribution in [1.82, 2.24) is 5.32 Å². The largest absolute Gasteiger partial charge is 0.480 e. The van der Waals surface area contributed by atoms with E-state index in [-0.39, 0.29) is 11.8 Å². The van der Waals surface area contributed by atoms with Gasteiger partial charge in [-0.1, -0.05) is 60.7 Å². The van der Waals surface area contributed by atoms with E-state index in [9.17, 15) is 9.59 Å². The van der Waals surface area contributed by atoms with E-state index in [4.69, 9.17) is 4.74 Å². The highest BCUT2D eigenvalue weighted by Gasteiger charge is 2.29. The van der Waals surface area contributed by atoms with Crippen LogP contribution in [0, 0.1) is 0 Å². The van der Waals surface area contributed by atoms with E-state index in [1.165, 1.54) is 0 Å². The molecule has 2 amide bonds. The first-order valence-electron chi connectivity index (χ1n) is 9.17. The molecule has 140 valence electrons. The average molecular weight is 372 g/mol. The quantitative estimate of drug-likeness (QED) is 0.720. The minimum absolute atomic E-state index is 0.240. The van der Waals surface area contributed by atoms with E-state index in [1.54, 1.807) is 24.3 Å². The van der Waals surface area contributed by atoms with Gasteiger partial charge < -0.3 is 15.4 Å². The Morgan fingerprint density at radius 2 is 1.61 bits per heavy atom. The van der Waals surface area contributed by atoms with Crippen LogP contribution < -0.4 is 15.4 Å². The monoisotopic (exact) mass is 372 g/mol. The van der Waals surface area contributed by atoms with E-state index in [0.29, 0.717) is 24.2 Å². The van der Waals surface area contributed by atoms with Crippen LogP contribution in [-0.4, -0.2) is 17.9 Å². The van der Waals surface area contributed by atoms with Crippen molar-refractivity contribution in [2.24, 2.45) is 0 Å². The zero-order valence-electron chi connectivity index (χ0n) is 15.2. The van der Waals surface area contributed by atoms with Crippen molar-refractivity contribution in [2.75, 3.05) is 5.32 Å². The van der Waals surface area contributed by atoms with Gasteiger partial charge >= 0.3 is 0 Å². The zero-order valence-corrected chi connectivity index (χ0v) is 15.2. The Bertz CT molecular complexity index is 976. The highest BCUT2D eigenvalue weighted by Crippen LogP contribution is 2.29. The molecule has 0 saturated carbocycles. The SMILES string of the molecule is O=C(NCc1ccccc1)c1ccccc1NC(=O)C1Cc2ccccc2O1. The van der Waals surface area contributed by atoms with Crippen LogP contribution in [0.15, 0.2) is 78.9 Å². The molecular weight excluding hydrogens is 352 g/mol. The number of hydrogen-bond acceptors (Lipinski definition) is 3. The maximum atomic E-state index is 12.7. The average Bonchev–Trinajstić information content (AvgIpc) is 3.18. The van der Waals surface area contributed by atoms with Gasteiger partial charge in [0, 0.05) is 13.0 Å². The van der Waals surface area contributed by atoms with Crippen molar-refractivity contribution in [2.45, 2.75) is 19.1 Å². The second kappa shape index (κ2) is 7.96. The molecule has 5 heteroatoms. The van der Waals surface area contributed by atoms with Gasteiger partial charge in [0.15, 0.2) is 6.10 Å². The van der Waals surface area contributed by atoms with Crippen LogP contribution in [0.1, 0.15) is 21.5 Å². The van der Waals surface area contributed by atoms with Gasteiger partial charge in [-0.3, -0.25) is 9.59 Å². The van der Waals surface area contributed by atoms with Crippen molar-refractivity contribution in [3.8, 4) is 5.75 Å². The predicted octanol–water partition coefficient (Wildman–Crippen LogP) is 3.56. The lowest BCUT2D eigenvalue weighted by Crippen LogP contribution is -2.32. The molecule has 3 aromatic carbocycles. The molecule has 0 aliphatic carbocycles. The Labute approximate surface area is 163 Å². The van der Waals surface area contributed by atoms with Gasteiger partial charge in [-0.25, -0.2) is 0 Å².